The van der Waals surface area contributed by atoms with Crippen molar-refractivity contribution < 1.29 is 24.5 Å². The van der Waals surface area contributed by atoms with Gasteiger partial charge in [0.05, 0.1) is 29.3 Å². The number of imidazole rings is 1. The molecule has 1 unspecified atom stereocenters. The number of nitrogens with one attached hydrogen (secondary N) is 1. The van der Waals surface area contributed by atoms with Gasteiger partial charge in [-0.1, -0.05) is 24.3 Å². The Morgan fingerprint density at radius 2 is 1.74 bits per heavy atom. The first-order valence-corrected chi connectivity index (χ1v) is 10.8. The third-order valence-corrected chi connectivity index (χ3v) is 5.70. The molecule has 1 aromatic heterocycles. The minimum atomic E-state index is -0.951. The number of carbonyl (C=O) groups excluding carboxylic acids is 2. The zero-order chi connectivity index (χ0) is 23.8. The molecule has 170 valence electrons. The van der Waals surface area contributed by atoms with Crippen LogP contribution in [0, 0.1) is 0 Å². The molecular weight excluding hydrogens is 434 g/mol. The molecule has 4 aromatic rings. The van der Waals surface area contributed by atoms with Crippen LogP contribution in [0.4, 0.5) is 5.95 Å². The summed E-state index contributed by atoms with van der Waals surface area (Å²) in [7, 11) is 0. The Kier molecular flexibility index (Phi) is 5.25. The standard InChI is InChI=1S/C26H21N3O5/c1-2-34-18-13-9-16(10-14-18)23(31)21-22(15-7-11-17(30)12-8-15)29(25(33)24(21)32)26-27-19-5-3-4-6-20(19)28-26/h3-14,22,30-31H,2H2,1H3,(H,27,28)/b23-21+. The van der Waals surface area contributed by atoms with Crippen LogP contribution < -0.4 is 9.64 Å². The summed E-state index contributed by atoms with van der Waals surface area (Å²) in [5.74, 6) is -1.10. The van der Waals surface area contributed by atoms with E-state index in [1.54, 1.807) is 42.5 Å². The number of aliphatic hydroxyl groups is 1. The molecule has 0 aliphatic carbocycles. The minimum absolute atomic E-state index is 0.0379. The zero-order valence-electron chi connectivity index (χ0n) is 18.2. The van der Waals surface area contributed by atoms with Crippen molar-refractivity contribution in [1.29, 1.82) is 0 Å². The maximum Gasteiger partial charge on any atom is 0.302 e. The molecule has 0 radical (unpaired) electrons. The average Bonchev–Trinajstić information content (AvgIpc) is 3.38. The number of aliphatic hydroxyl groups excluding tert-OH is 1. The van der Waals surface area contributed by atoms with Crippen molar-refractivity contribution in [2.45, 2.75) is 13.0 Å². The number of aromatic amines is 1. The van der Waals surface area contributed by atoms with E-state index in [2.05, 4.69) is 9.97 Å². The fourth-order valence-corrected chi connectivity index (χ4v) is 4.11. The van der Waals surface area contributed by atoms with E-state index in [0.717, 1.165) is 0 Å². The molecule has 3 aromatic carbocycles. The number of ether oxygens (including phenoxy) is 1. The first kappa shape index (κ1) is 21.3. The van der Waals surface area contributed by atoms with Crippen LogP contribution in [0.3, 0.4) is 0 Å². The van der Waals surface area contributed by atoms with Gasteiger partial charge in [-0.05, 0) is 61.0 Å². The summed E-state index contributed by atoms with van der Waals surface area (Å²) in [5.41, 5.74) is 2.17. The highest BCUT2D eigenvalue weighted by Crippen LogP contribution is 2.42. The second-order valence-electron chi connectivity index (χ2n) is 7.80. The number of hydrogen-bond donors (Lipinski definition) is 3. The van der Waals surface area contributed by atoms with Gasteiger partial charge in [-0.3, -0.25) is 14.5 Å². The number of fused-ring (bicyclic) bond motifs is 1. The molecule has 1 atom stereocenters. The molecule has 1 aliphatic rings. The quantitative estimate of drug-likeness (QED) is 0.235. The van der Waals surface area contributed by atoms with Gasteiger partial charge in [0.15, 0.2) is 0 Å². The summed E-state index contributed by atoms with van der Waals surface area (Å²) in [6, 6.07) is 19.1. The number of H-pyrrole nitrogens is 1. The van der Waals surface area contributed by atoms with E-state index in [4.69, 9.17) is 4.74 Å². The summed E-state index contributed by atoms with van der Waals surface area (Å²) >= 11 is 0. The molecule has 2 heterocycles. The predicted molar refractivity (Wildman–Crippen MR) is 127 cm³/mol. The molecule has 1 saturated heterocycles. The molecule has 0 saturated carbocycles. The Morgan fingerprint density at radius 3 is 2.41 bits per heavy atom. The second-order valence-corrected chi connectivity index (χ2v) is 7.80. The summed E-state index contributed by atoms with van der Waals surface area (Å²) < 4.78 is 5.45. The fraction of sp³-hybridized carbons (Fsp3) is 0.115. The molecule has 0 bridgehead atoms. The number of Topliss-reactive ketones (excluding diaryl/α,β-unsaturated/α-hetero) is 1. The molecule has 8 nitrogen and oxygen atoms in total. The number of rotatable bonds is 5. The Balaban J connectivity index is 1.68. The van der Waals surface area contributed by atoms with Gasteiger partial charge >= 0.3 is 5.91 Å². The molecular formula is C26H21N3O5. The molecule has 1 aliphatic heterocycles. The third-order valence-electron chi connectivity index (χ3n) is 5.70. The van der Waals surface area contributed by atoms with E-state index in [9.17, 15) is 19.8 Å². The lowest BCUT2D eigenvalue weighted by Gasteiger charge is -2.23. The molecule has 5 rings (SSSR count). The molecule has 1 amide bonds. The molecule has 1 fully saturated rings. The van der Waals surface area contributed by atoms with Gasteiger partial charge in [0, 0.05) is 5.56 Å². The number of nitrogens with zero attached hydrogens (tertiary/aromatic N) is 2. The van der Waals surface area contributed by atoms with E-state index in [-0.39, 0.29) is 23.0 Å². The van der Waals surface area contributed by atoms with Crippen LogP contribution in [0.1, 0.15) is 24.1 Å². The Bertz CT molecular complexity index is 1390. The summed E-state index contributed by atoms with van der Waals surface area (Å²) in [6.07, 6.45) is 0. The number of phenolic OH excluding ortho intramolecular Hbond substituents is 1. The normalized spacial score (nSPS) is 17.4. The van der Waals surface area contributed by atoms with Crippen LogP contribution in [0.5, 0.6) is 11.5 Å². The van der Waals surface area contributed by atoms with Gasteiger partial charge in [0.2, 0.25) is 5.95 Å². The molecule has 0 spiro atoms. The van der Waals surface area contributed by atoms with E-state index in [1.807, 2.05) is 25.1 Å². The van der Waals surface area contributed by atoms with Gasteiger partial charge in [-0.25, -0.2) is 4.98 Å². The molecule has 3 N–H and O–H groups in total. The number of anilines is 1. The first-order chi connectivity index (χ1) is 16.5. The van der Waals surface area contributed by atoms with Crippen LogP contribution in [0.2, 0.25) is 0 Å². The summed E-state index contributed by atoms with van der Waals surface area (Å²) in [5, 5.41) is 20.9. The monoisotopic (exact) mass is 455 g/mol. The van der Waals surface area contributed by atoms with Crippen LogP contribution in [0.25, 0.3) is 16.8 Å². The van der Waals surface area contributed by atoms with Crippen molar-refractivity contribution >= 4 is 34.4 Å². The highest BCUT2D eigenvalue weighted by atomic mass is 16.5. The minimum Gasteiger partial charge on any atom is -0.508 e. The summed E-state index contributed by atoms with van der Waals surface area (Å²) in [4.78, 5) is 35.3. The van der Waals surface area contributed by atoms with Crippen molar-refractivity contribution in [2.75, 3.05) is 11.5 Å². The van der Waals surface area contributed by atoms with Crippen molar-refractivity contribution in [2.24, 2.45) is 0 Å². The molecule has 8 heteroatoms. The lowest BCUT2D eigenvalue weighted by atomic mass is 9.95. The fourth-order valence-electron chi connectivity index (χ4n) is 4.11. The van der Waals surface area contributed by atoms with E-state index in [1.165, 1.54) is 17.0 Å². The van der Waals surface area contributed by atoms with Gasteiger partial charge in [-0.2, -0.15) is 0 Å². The lowest BCUT2D eigenvalue weighted by Crippen LogP contribution is -2.30. The van der Waals surface area contributed by atoms with E-state index < -0.39 is 17.7 Å². The Labute approximate surface area is 194 Å². The highest BCUT2D eigenvalue weighted by molar-refractivity contribution is 6.51. The van der Waals surface area contributed by atoms with Gasteiger partial charge < -0.3 is 19.9 Å². The lowest BCUT2D eigenvalue weighted by molar-refractivity contribution is -0.132. The highest BCUT2D eigenvalue weighted by Gasteiger charge is 2.48. The van der Waals surface area contributed by atoms with Crippen molar-refractivity contribution in [3.05, 3.63) is 89.5 Å². The summed E-state index contributed by atoms with van der Waals surface area (Å²) in [6.45, 7) is 2.36. The van der Waals surface area contributed by atoms with Gasteiger partial charge in [0.1, 0.15) is 17.3 Å². The Morgan fingerprint density at radius 1 is 1.03 bits per heavy atom. The number of aromatic nitrogens is 2. The van der Waals surface area contributed by atoms with Crippen molar-refractivity contribution in [1.82, 2.24) is 9.97 Å². The number of amides is 1. The van der Waals surface area contributed by atoms with Gasteiger partial charge in [0.25, 0.3) is 5.78 Å². The predicted octanol–water partition coefficient (Wildman–Crippen LogP) is 4.29. The smallest absolute Gasteiger partial charge is 0.302 e. The van der Waals surface area contributed by atoms with Crippen LogP contribution in [0.15, 0.2) is 78.4 Å². The average molecular weight is 455 g/mol. The second kappa shape index (κ2) is 8.40. The number of hydrogen-bond acceptors (Lipinski definition) is 6. The maximum absolute atomic E-state index is 13.2. The SMILES string of the molecule is CCOc1ccc(/C(O)=C2\C(=O)C(=O)N(c3nc4ccccc4[nH]3)C2c2ccc(O)cc2)cc1. The number of ketones is 1. The van der Waals surface area contributed by atoms with Crippen molar-refractivity contribution in [3.63, 3.8) is 0 Å². The first-order valence-electron chi connectivity index (χ1n) is 10.8. The largest absolute Gasteiger partial charge is 0.508 e. The topological polar surface area (TPSA) is 116 Å². The maximum atomic E-state index is 13.2. The van der Waals surface area contributed by atoms with E-state index >= 15 is 0 Å². The van der Waals surface area contributed by atoms with Crippen LogP contribution in [-0.4, -0.2) is 38.5 Å². The number of phenols is 1. The number of carbonyl (C=O) groups is 2. The number of para-hydroxylation sites is 2. The Hall–Kier alpha value is -4.59. The van der Waals surface area contributed by atoms with Crippen molar-refractivity contribution in [3.8, 4) is 11.5 Å². The van der Waals surface area contributed by atoms with E-state index in [0.29, 0.717) is 34.5 Å². The van der Waals surface area contributed by atoms with Crippen LogP contribution in [-0.2, 0) is 9.59 Å². The zero-order valence-corrected chi connectivity index (χ0v) is 18.2. The number of aromatic hydroxyl groups is 1. The number of benzene rings is 3. The molecule has 34 heavy (non-hydrogen) atoms. The third kappa shape index (κ3) is 3.55. The van der Waals surface area contributed by atoms with Crippen LogP contribution >= 0.6 is 0 Å². The van der Waals surface area contributed by atoms with Gasteiger partial charge in [-0.15, -0.1) is 0 Å².